The van der Waals surface area contributed by atoms with Crippen molar-refractivity contribution in [1.82, 2.24) is 10.1 Å². The summed E-state index contributed by atoms with van der Waals surface area (Å²) < 4.78 is 4.63. The molecule has 0 aliphatic rings. The molecule has 0 radical (unpaired) electrons. The lowest BCUT2D eigenvalue weighted by atomic mass is 10.2. The zero-order valence-corrected chi connectivity index (χ0v) is 7.32. The van der Waals surface area contributed by atoms with Gasteiger partial charge < -0.3 is 10.3 Å². The molecule has 0 bridgehead atoms. The summed E-state index contributed by atoms with van der Waals surface area (Å²) in [6.45, 7) is 0. The zero-order chi connectivity index (χ0) is 9.26. The lowest BCUT2D eigenvalue weighted by Crippen LogP contribution is -1.83. The van der Waals surface area contributed by atoms with Crippen LogP contribution in [0.25, 0.3) is 11.4 Å². The summed E-state index contributed by atoms with van der Waals surface area (Å²) in [5, 5.41) is 4.28. The quantitative estimate of drug-likeness (QED) is 0.756. The molecule has 0 spiro atoms. The maximum absolute atomic E-state index is 5.78. The van der Waals surface area contributed by atoms with Crippen LogP contribution >= 0.6 is 11.6 Å². The molecule has 2 rings (SSSR count). The van der Waals surface area contributed by atoms with E-state index in [1.807, 2.05) is 12.1 Å². The Labute approximate surface area is 79.3 Å². The highest BCUT2D eigenvalue weighted by atomic mass is 35.5. The van der Waals surface area contributed by atoms with Gasteiger partial charge >= 0.3 is 6.01 Å². The molecule has 4 nitrogen and oxygen atoms in total. The first-order chi connectivity index (χ1) is 6.25. The van der Waals surface area contributed by atoms with E-state index in [0.29, 0.717) is 10.8 Å². The van der Waals surface area contributed by atoms with Crippen LogP contribution in [-0.2, 0) is 0 Å². The van der Waals surface area contributed by atoms with Crippen molar-refractivity contribution in [2.45, 2.75) is 0 Å². The van der Waals surface area contributed by atoms with Gasteiger partial charge in [-0.25, -0.2) is 0 Å². The molecule has 0 fully saturated rings. The van der Waals surface area contributed by atoms with Crippen molar-refractivity contribution in [2.75, 3.05) is 5.73 Å². The Bertz CT molecular complexity index is 427. The van der Waals surface area contributed by atoms with E-state index in [1.165, 1.54) is 0 Å². The maximum atomic E-state index is 5.78. The maximum Gasteiger partial charge on any atom is 0.319 e. The first kappa shape index (κ1) is 8.07. The number of anilines is 1. The van der Waals surface area contributed by atoms with Crippen LogP contribution in [0.5, 0.6) is 0 Å². The Hall–Kier alpha value is -1.55. The molecule has 0 aliphatic carbocycles. The van der Waals surface area contributed by atoms with Crippen LogP contribution in [0.1, 0.15) is 0 Å². The second kappa shape index (κ2) is 3.06. The Morgan fingerprint density at radius 2 is 2.23 bits per heavy atom. The molecule has 1 aromatic carbocycles. The molecule has 2 N–H and O–H groups in total. The van der Waals surface area contributed by atoms with Gasteiger partial charge in [-0.1, -0.05) is 28.9 Å². The summed E-state index contributed by atoms with van der Waals surface area (Å²) in [5.41, 5.74) is 6.07. The predicted octanol–water partition coefficient (Wildman–Crippen LogP) is 1.97. The molecule has 0 aliphatic heterocycles. The van der Waals surface area contributed by atoms with Gasteiger partial charge in [0.15, 0.2) is 0 Å². The van der Waals surface area contributed by atoms with E-state index in [1.54, 1.807) is 12.1 Å². The van der Waals surface area contributed by atoms with Crippen molar-refractivity contribution >= 4 is 17.6 Å². The van der Waals surface area contributed by atoms with Crippen LogP contribution in [0.2, 0.25) is 5.02 Å². The molecule has 1 heterocycles. The zero-order valence-electron chi connectivity index (χ0n) is 6.57. The van der Waals surface area contributed by atoms with Gasteiger partial charge in [-0.15, -0.1) is 0 Å². The van der Waals surface area contributed by atoms with Crippen LogP contribution in [0, 0.1) is 0 Å². The molecule has 66 valence electrons. The Balaban J connectivity index is 2.46. The molecule has 5 heteroatoms. The highest BCUT2D eigenvalue weighted by Gasteiger charge is 2.05. The molecule has 0 saturated carbocycles. The SMILES string of the molecule is Nc1nc(-c2cccc(Cl)c2)no1. The standard InChI is InChI=1S/C8H6ClN3O/c9-6-3-1-2-5(4-6)7-11-8(10)13-12-7/h1-4H,(H2,10,11,12). The van der Waals surface area contributed by atoms with Gasteiger partial charge in [0.1, 0.15) is 0 Å². The third-order valence-electron chi connectivity index (χ3n) is 1.52. The molecule has 2 aromatic rings. The normalized spacial score (nSPS) is 10.2. The number of hydrogen-bond donors (Lipinski definition) is 1. The highest BCUT2D eigenvalue weighted by Crippen LogP contribution is 2.19. The molecule has 0 atom stereocenters. The van der Waals surface area contributed by atoms with Crippen molar-refractivity contribution in [3.05, 3.63) is 29.3 Å². The van der Waals surface area contributed by atoms with Gasteiger partial charge in [0.2, 0.25) is 5.82 Å². The van der Waals surface area contributed by atoms with Crippen molar-refractivity contribution in [3.8, 4) is 11.4 Å². The topological polar surface area (TPSA) is 64.9 Å². The first-order valence-corrected chi connectivity index (χ1v) is 3.98. The molecule has 0 amide bonds. The number of aromatic nitrogens is 2. The molecular formula is C8H6ClN3O. The Morgan fingerprint density at radius 1 is 1.38 bits per heavy atom. The van der Waals surface area contributed by atoms with Gasteiger partial charge in [0, 0.05) is 10.6 Å². The van der Waals surface area contributed by atoms with E-state index >= 15 is 0 Å². The fourth-order valence-corrected chi connectivity index (χ4v) is 1.17. The summed E-state index contributed by atoms with van der Waals surface area (Å²) in [4.78, 5) is 3.86. The van der Waals surface area contributed by atoms with Crippen LogP contribution in [-0.4, -0.2) is 10.1 Å². The number of nitrogens with two attached hydrogens (primary N) is 1. The monoisotopic (exact) mass is 195 g/mol. The minimum absolute atomic E-state index is 0.0509. The highest BCUT2D eigenvalue weighted by molar-refractivity contribution is 6.30. The molecule has 13 heavy (non-hydrogen) atoms. The van der Waals surface area contributed by atoms with Gasteiger partial charge in [0.05, 0.1) is 0 Å². The number of hydrogen-bond acceptors (Lipinski definition) is 4. The number of rotatable bonds is 1. The molecule has 1 aromatic heterocycles. The van der Waals surface area contributed by atoms with Crippen molar-refractivity contribution in [1.29, 1.82) is 0 Å². The van der Waals surface area contributed by atoms with Crippen LogP contribution in [0.3, 0.4) is 0 Å². The lowest BCUT2D eigenvalue weighted by molar-refractivity contribution is 0.437. The second-order valence-corrected chi connectivity index (χ2v) is 2.90. The summed E-state index contributed by atoms with van der Waals surface area (Å²) in [6, 6.07) is 7.20. The van der Waals surface area contributed by atoms with Crippen LogP contribution < -0.4 is 5.73 Å². The average molecular weight is 196 g/mol. The van der Waals surface area contributed by atoms with Gasteiger partial charge in [0.25, 0.3) is 0 Å². The van der Waals surface area contributed by atoms with E-state index in [-0.39, 0.29) is 6.01 Å². The predicted molar refractivity (Wildman–Crippen MR) is 49.2 cm³/mol. The summed E-state index contributed by atoms with van der Waals surface area (Å²) >= 11 is 5.78. The summed E-state index contributed by atoms with van der Waals surface area (Å²) in [6.07, 6.45) is 0. The van der Waals surface area contributed by atoms with Crippen molar-refractivity contribution in [2.24, 2.45) is 0 Å². The fraction of sp³-hybridized carbons (Fsp3) is 0. The van der Waals surface area contributed by atoms with E-state index in [2.05, 4.69) is 14.7 Å². The van der Waals surface area contributed by atoms with E-state index < -0.39 is 0 Å². The fourth-order valence-electron chi connectivity index (χ4n) is 0.980. The van der Waals surface area contributed by atoms with Crippen molar-refractivity contribution < 1.29 is 4.52 Å². The Kier molecular flexibility index (Phi) is 1.90. The minimum atomic E-state index is 0.0509. The minimum Gasteiger partial charge on any atom is -0.351 e. The van der Waals surface area contributed by atoms with Gasteiger partial charge in [-0.3, -0.25) is 0 Å². The number of nitrogen functional groups attached to an aromatic ring is 1. The number of nitrogens with zero attached hydrogens (tertiary/aromatic N) is 2. The van der Waals surface area contributed by atoms with Crippen LogP contribution in [0.4, 0.5) is 6.01 Å². The lowest BCUT2D eigenvalue weighted by Gasteiger charge is -1.93. The smallest absolute Gasteiger partial charge is 0.319 e. The number of benzene rings is 1. The molecule has 0 unspecified atom stereocenters. The number of halogens is 1. The van der Waals surface area contributed by atoms with Crippen molar-refractivity contribution in [3.63, 3.8) is 0 Å². The van der Waals surface area contributed by atoms with E-state index in [4.69, 9.17) is 17.3 Å². The first-order valence-electron chi connectivity index (χ1n) is 3.61. The van der Waals surface area contributed by atoms with E-state index in [9.17, 15) is 0 Å². The van der Waals surface area contributed by atoms with Gasteiger partial charge in [-0.05, 0) is 12.1 Å². The summed E-state index contributed by atoms with van der Waals surface area (Å²) in [7, 11) is 0. The van der Waals surface area contributed by atoms with Gasteiger partial charge in [-0.2, -0.15) is 4.98 Å². The molecule has 0 saturated heterocycles. The summed E-state index contributed by atoms with van der Waals surface area (Å²) in [5.74, 6) is 0.444. The van der Waals surface area contributed by atoms with E-state index in [0.717, 1.165) is 5.56 Å². The Morgan fingerprint density at radius 3 is 2.85 bits per heavy atom. The third-order valence-corrected chi connectivity index (χ3v) is 1.76. The molecular weight excluding hydrogens is 190 g/mol. The second-order valence-electron chi connectivity index (χ2n) is 2.47. The largest absolute Gasteiger partial charge is 0.351 e. The third kappa shape index (κ3) is 1.62. The average Bonchev–Trinajstić information content (AvgIpc) is 2.52. The van der Waals surface area contributed by atoms with Crippen LogP contribution in [0.15, 0.2) is 28.8 Å².